The standard InChI is InChI=1S/C39H72O4/c1-4-6-8-10-12-14-16-17-18-19-20-22-24-26-28-32-35(31-27-25-23-21-15-13-11-9-7-5-2)43-38(42)39(3)34-30-29-33-36(39)37(40)41/h30,34-36H,4-29,31-33H2,1-3H3,(H,40,41). The number of ether oxygens (including phenoxy) is 1. The topological polar surface area (TPSA) is 63.6 Å². The van der Waals surface area contributed by atoms with Crippen LogP contribution in [0.3, 0.4) is 0 Å². The molecule has 0 saturated carbocycles. The number of esters is 1. The number of carboxylic acid groups (broad SMARTS) is 1. The molecule has 1 aliphatic rings. The molecule has 0 aromatic heterocycles. The lowest BCUT2D eigenvalue weighted by molar-refractivity contribution is -0.168. The van der Waals surface area contributed by atoms with E-state index in [1.807, 2.05) is 6.08 Å². The van der Waals surface area contributed by atoms with E-state index in [-0.39, 0.29) is 12.1 Å². The largest absolute Gasteiger partial charge is 0.481 e. The van der Waals surface area contributed by atoms with Crippen LogP contribution < -0.4 is 0 Å². The van der Waals surface area contributed by atoms with Gasteiger partial charge in [-0.25, -0.2) is 0 Å². The van der Waals surface area contributed by atoms with E-state index in [2.05, 4.69) is 13.8 Å². The van der Waals surface area contributed by atoms with Crippen molar-refractivity contribution in [3.05, 3.63) is 12.2 Å². The SMILES string of the molecule is CCCCCCCCCCCCCCCCCC(CCCCCCCCCCCC)OC(=O)C1(C)C=CCCC1C(=O)O. The van der Waals surface area contributed by atoms with Gasteiger partial charge in [-0.2, -0.15) is 0 Å². The van der Waals surface area contributed by atoms with Gasteiger partial charge in [0.05, 0.1) is 11.3 Å². The van der Waals surface area contributed by atoms with Crippen LogP contribution in [0.2, 0.25) is 0 Å². The maximum absolute atomic E-state index is 13.4. The molecule has 0 spiro atoms. The zero-order valence-electron chi connectivity index (χ0n) is 29.0. The first-order valence-electron chi connectivity index (χ1n) is 19.1. The first-order chi connectivity index (χ1) is 21.0. The summed E-state index contributed by atoms with van der Waals surface area (Å²) in [7, 11) is 0. The summed E-state index contributed by atoms with van der Waals surface area (Å²) in [5.41, 5.74) is -1.06. The molecule has 252 valence electrons. The van der Waals surface area contributed by atoms with Crippen LogP contribution >= 0.6 is 0 Å². The molecule has 4 heteroatoms. The summed E-state index contributed by atoms with van der Waals surface area (Å²) in [6.07, 6.45) is 39.8. The minimum Gasteiger partial charge on any atom is -0.481 e. The molecule has 1 aliphatic carbocycles. The Kier molecular flexibility index (Phi) is 25.0. The van der Waals surface area contributed by atoms with E-state index >= 15 is 0 Å². The highest BCUT2D eigenvalue weighted by molar-refractivity contribution is 5.86. The van der Waals surface area contributed by atoms with Crippen molar-refractivity contribution in [2.45, 2.75) is 213 Å². The average Bonchev–Trinajstić information content (AvgIpc) is 2.99. The summed E-state index contributed by atoms with van der Waals surface area (Å²) < 4.78 is 6.12. The lowest BCUT2D eigenvalue weighted by Gasteiger charge is -2.34. The number of carbonyl (C=O) groups is 2. The molecule has 4 nitrogen and oxygen atoms in total. The minimum atomic E-state index is -1.06. The van der Waals surface area contributed by atoms with E-state index < -0.39 is 17.3 Å². The molecule has 0 heterocycles. The maximum atomic E-state index is 13.4. The van der Waals surface area contributed by atoms with Crippen molar-refractivity contribution in [3.8, 4) is 0 Å². The highest BCUT2D eigenvalue weighted by atomic mass is 16.5. The fourth-order valence-electron chi connectivity index (χ4n) is 6.74. The van der Waals surface area contributed by atoms with Crippen molar-refractivity contribution in [2.75, 3.05) is 0 Å². The van der Waals surface area contributed by atoms with Gasteiger partial charge in [-0.15, -0.1) is 0 Å². The zero-order chi connectivity index (χ0) is 31.4. The maximum Gasteiger partial charge on any atom is 0.316 e. The second-order valence-corrected chi connectivity index (χ2v) is 13.9. The summed E-state index contributed by atoms with van der Waals surface area (Å²) >= 11 is 0. The summed E-state index contributed by atoms with van der Waals surface area (Å²) in [5.74, 6) is -1.93. The summed E-state index contributed by atoms with van der Waals surface area (Å²) in [6.45, 7) is 6.31. The Morgan fingerprint density at radius 1 is 0.651 bits per heavy atom. The molecule has 0 fully saturated rings. The third-order valence-corrected chi connectivity index (χ3v) is 9.83. The molecular weight excluding hydrogens is 532 g/mol. The molecule has 43 heavy (non-hydrogen) atoms. The zero-order valence-corrected chi connectivity index (χ0v) is 29.0. The van der Waals surface area contributed by atoms with Gasteiger partial charge >= 0.3 is 11.9 Å². The smallest absolute Gasteiger partial charge is 0.316 e. The van der Waals surface area contributed by atoms with Gasteiger partial charge in [-0.3, -0.25) is 9.59 Å². The highest BCUT2D eigenvalue weighted by Crippen LogP contribution is 2.38. The van der Waals surface area contributed by atoms with Gasteiger partial charge in [0, 0.05) is 0 Å². The fourth-order valence-corrected chi connectivity index (χ4v) is 6.74. The van der Waals surface area contributed by atoms with Gasteiger partial charge in [0.25, 0.3) is 0 Å². The van der Waals surface area contributed by atoms with Crippen LogP contribution in [-0.2, 0) is 14.3 Å². The summed E-state index contributed by atoms with van der Waals surface area (Å²) in [5, 5.41) is 9.77. The van der Waals surface area contributed by atoms with Gasteiger partial charge in [-0.1, -0.05) is 174 Å². The van der Waals surface area contributed by atoms with Crippen LogP contribution in [0.15, 0.2) is 12.2 Å². The van der Waals surface area contributed by atoms with E-state index in [1.54, 1.807) is 13.0 Å². The minimum absolute atomic E-state index is 0.0925. The number of hydrogen-bond donors (Lipinski definition) is 1. The molecular formula is C39H72O4. The second kappa shape index (κ2) is 27.0. The Morgan fingerprint density at radius 3 is 1.35 bits per heavy atom. The first-order valence-corrected chi connectivity index (χ1v) is 19.1. The molecule has 0 bridgehead atoms. The fraction of sp³-hybridized carbons (Fsp3) is 0.897. The molecule has 1 N–H and O–H groups in total. The van der Waals surface area contributed by atoms with E-state index in [9.17, 15) is 14.7 Å². The Morgan fingerprint density at radius 2 is 1.00 bits per heavy atom. The number of hydrogen-bond acceptors (Lipinski definition) is 3. The molecule has 0 aromatic rings. The predicted molar refractivity (Wildman–Crippen MR) is 183 cm³/mol. The van der Waals surface area contributed by atoms with Crippen molar-refractivity contribution >= 4 is 11.9 Å². The molecule has 0 aliphatic heterocycles. The molecule has 0 aromatic carbocycles. The second-order valence-electron chi connectivity index (χ2n) is 13.9. The third kappa shape index (κ3) is 19.6. The van der Waals surface area contributed by atoms with Gasteiger partial charge in [0.15, 0.2) is 0 Å². The number of aliphatic carboxylic acids is 1. The van der Waals surface area contributed by atoms with Crippen molar-refractivity contribution in [1.82, 2.24) is 0 Å². The van der Waals surface area contributed by atoms with Crippen LogP contribution in [-0.4, -0.2) is 23.1 Å². The van der Waals surface area contributed by atoms with E-state index in [4.69, 9.17) is 4.74 Å². The van der Waals surface area contributed by atoms with Crippen molar-refractivity contribution in [3.63, 3.8) is 0 Å². The number of carboxylic acids is 1. The molecule has 0 radical (unpaired) electrons. The Labute approximate surface area is 267 Å². The number of unbranched alkanes of at least 4 members (excludes halogenated alkanes) is 23. The van der Waals surface area contributed by atoms with E-state index in [0.29, 0.717) is 12.8 Å². The highest BCUT2D eigenvalue weighted by Gasteiger charge is 2.46. The van der Waals surface area contributed by atoms with Gasteiger partial charge in [-0.05, 0) is 45.4 Å². The van der Waals surface area contributed by atoms with E-state index in [1.165, 1.54) is 148 Å². The summed E-state index contributed by atoms with van der Waals surface area (Å²) in [4.78, 5) is 25.3. The number of carbonyl (C=O) groups excluding carboxylic acids is 1. The quantitative estimate of drug-likeness (QED) is 0.0503. The van der Waals surface area contributed by atoms with E-state index in [0.717, 1.165) is 25.7 Å². The van der Waals surface area contributed by atoms with Crippen LogP contribution in [0.5, 0.6) is 0 Å². The van der Waals surface area contributed by atoms with Gasteiger partial charge in [0.2, 0.25) is 0 Å². The number of allylic oxidation sites excluding steroid dienone is 1. The Hall–Kier alpha value is -1.32. The van der Waals surface area contributed by atoms with Crippen molar-refractivity contribution in [2.24, 2.45) is 11.3 Å². The Balaban J connectivity index is 2.33. The van der Waals surface area contributed by atoms with Crippen LogP contribution in [0.4, 0.5) is 0 Å². The molecule has 0 amide bonds. The van der Waals surface area contributed by atoms with Gasteiger partial charge < -0.3 is 9.84 Å². The summed E-state index contributed by atoms with van der Waals surface area (Å²) in [6, 6.07) is 0. The van der Waals surface area contributed by atoms with Crippen LogP contribution in [0, 0.1) is 11.3 Å². The normalized spacial score (nSPS) is 19.0. The van der Waals surface area contributed by atoms with Gasteiger partial charge in [0.1, 0.15) is 6.10 Å². The lowest BCUT2D eigenvalue weighted by Crippen LogP contribution is -2.42. The average molecular weight is 605 g/mol. The monoisotopic (exact) mass is 605 g/mol. The molecule has 1 rings (SSSR count). The molecule has 3 unspecified atom stereocenters. The van der Waals surface area contributed by atoms with Crippen molar-refractivity contribution in [1.29, 1.82) is 0 Å². The molecule has 0 saturated heterocycles. The predicted octanol–water partition coefficient (Wildman–Crippen LogP) is 12.5. The first kappa shape index (κ1) is 39.7. The van der Waals surface area contributed by atoms with Crippen molar-refractivity contribution < 1.29 is 19.4 Å². The molecule has 3 atom stereocenters. The van der Waals surface area contributed by atoms with Crippen LogP contribution in [0.1, 0.15) is 207 Å². The lowest BCUT2D eigenvalue weighted by atomic mass is 9.71. The Bertz CT molecular complexity index is 701. The van der Waals surface area contributed by atoms with Crippen LogP contribution in [0.25, 0.3) is 0 Å². The third-order valence-electron chi connectivity index (χ3n) is 9.83. The number of rotatable bonds is 30.